The van der Waals surface area contributed by atoms with E-state index in [1.54, 1.807) is 0 Å². The quantitative estimate of drug-likeness (QED) is 0.155. The minimum atomic E-state index is -0.504. The molecule has 1 aliphatic carbocycles. The number of benzene rings is 10. The van der Waals surface area contributed by atoms with Gasteiger partial charge in [-0.05, 0) is 115 Å². The lowest BCUT2D eigenvalue weighted by atomic mass is 9.67. The van der Waals surface area contributed by atoms with E-state index in [2.05, 4.69) is 241 Å². The van der Waals surface area contributed by atoms with Gasteiger partial charge in [0.15, 0.2) is 0 Å². The topological polar surface area (TPSA) is 3.24 Å². The Morgan fingerprint density at radius 3 is 1.70 bits per heavy atom. The molecule has 0 N–H and O–H groups in total. The highest BCUT2D eigenvalue weighted by Gasteiger charge is 2.46. The predicted octanol–water partition coefficient (Wildman–Crippen LogP) is 16.4. The maximum absolute atomic E-state index is 2.46. The van der Waals surface area contributed by atoms with E-state index >= 15 is 0 Å². The molecule has 0 aliphatic heterocycles. The molecule has 0 amide bonds. The van der Waals surface area contributed by atoms with Crippen LogP contribution in [0.1, 0.15) is 22.3 Å². The zero-order valence-corrected chi connectivity index (χ0v) is 34.2. The fourth-order valence-corrected chi connectivity index (χ4v) is 11.2. The molecule has 10 aromatic carbocycles. The first-order chi connectivity index (χ1) is 30.2. The third kappa shape index (κ3) is 5.68. The first kappa shape index (κ1) is 35.4. The second-order valence-corrected chi connectivity index (χ2v) is 17.1. The second kappa shape index (κ2) is 14.3. The van der Waals surface area contributed by atoms with Gasteiger partial charge in [-0.25, -0.2) is 0 Å². The van der Waals surface area contributed by atoms with E-state index in [0.717, 1.165) is 17.1 Å². The van der Waals surface area contributed by atoms with E-state index in [4.69, 9.17) is 0 Å². The molecular weight excluding hydrogens is 755 g/mol. The second-order valence-electron chi connectivity index (χ2n) is 16.0. The highest BCUT2D eigenvalue weighted by molar-refractivity contribution is 7.25. The smallest absolute Gasteiger partial charge is 0.0714 e. The average molecular weight is 794 g/mol. The lowest BCUT2D eigenvalue weighted by Gasteiger charge is -2.35. The van der Waals surface area contributed by atoms with E-state index in [1.807, 2.05) is 11.3 Å². The first-order valence-corrected chi connectivity index (χ1v) is 21.8. The summed E-state index contributed by atoms with van der Waals surface area (Å²) in [7, 11) is 0. The minimum Gasteiger partial charge on any atom is -0.310 e. The number of hydrogen-bond acceptors (Lipinski definition) is 2. The van der Waals surface area contributed by atoms with Crippen molar-refractivity contribution in [3.05, 3.63) is 259 Å². The first-order valence-electron chi connectivity index (χ1n) is 21.0. The van der Waals surface area contributed by atoms with Crippen LogP contribution in [0.3, 0.4) is 0 Å². The van der Waals surface area contributed by atoms with Crippen molar-refractivity contribution in [2.45, 2.75) is 5.41 Å². The van der Waals surface area contributed by atoms with Gasteiger partial charge >= 0.3 is 0 Å². The van der Waals surface area contributed by atoms with Crippen molar-refractivity contribution < 1.29 is 0 Å². The van der Waals surface area contributed by atoms with Gasteiger partial charge in [0, 0.05) is 37.2 Å². The Hall–Kier alpha value is -7.52. The number of rotatable bonds is 7. The van der Waals surface area contributed by atoms with Crippen LogP contribution < -0.4 is 4.90 Å². The molecule has 0 saturated heterocycles. The molecule has 11 aromatic rings. The summed E-state index contributed by atoms with van der Waals surface area (Å²) in [5.74, 6) is 0. The molecule has 1 heterocycles. The van der Waals surface area contributed by atoms with Gasteiger partial charge in [0.1, 0.15) is 0 Å². The summed E-state index contributed by atoms with van der Waals surface area (Å²) in [5, 5.41) is 5.14. The van der Waals surface area contributed by atoms with E-state index in [-0.39, 0.29) is 0 Å². The molecule has 1 aromatic heterocycles. The maximum Gasteiger partial charge on any atom is 0.0714 e. The molecule has 12 rings (SSSR count). The number of hydrogen-bond donors (Lipinski definition) is 0. The summed E-state index contributed by atoms with van der Waals surface area (Å²) in [6.07, 6.45) is 0. The SMILES string of the molecule is c1ccc(C2(c3ccccc3)c3ccccc3-c3ccc(N(c4ccc(-c5cccc6ccccc56)cc4)c4cccc(-c5ccc6c(c5)sc5ccccc56)c4)cc32)cc1. The summed E-state index contributed by atoms with van der Waals surface area (Å²) in [6, 6.07) is 87.4. The Morgan fingerprint density at radius 1 is 0.311 bits per heavy atom. The van der Waals surface area contributed by atoms with Gasteiger partial charge in [0.2, 0.25) is 0 Å². The Balaban J connectivity index is 1.06. The Bertz CT molecular complexity index is 3370. The molecule has 0 saturated carbocycles. The van der Waals surface area contributed by atoms with Crippen LogP contribution in [0, 0.1) is 0 Å². The molecule has 286 valence electrons. The maximum atomic E-state index is 2.46. The molecule has 1 aliphatic rings. The Labute approximate surface area is 360 Å². The van der Waals surface area contributed by atoms with E-state index in [1.165, 1.54) is 86.6 Å². The van der Waals surface area contributed by atoms with Crippen molar-refractivity contribution in [2.24, 2.45) is 0 Å². The van der Waals surface area contributed by atoms with Crippen LogP contribution in [-0.2, 0) is 5.41 Å². The molecule has 0 fully saturated rings. The zero-order chi connectivity index (χ0) is 40.3. The van der Waals surface area contributed by atoms with Crippen LogP contribution in [0.25, 0.3) is 64.3 Å². The molecule has 0 bridgehead atoms. The molecule has 2 heteroatoms. The normalized spacial score (nSPS) is 12.7. The highest BCUT2D eigenvalue weighted by Crippen LogP contribution is 2.57. The lowest BCUT2D eigenvalue weighted by molar-refractivity contribution is 0.768. The standard InChI is InChI=1S/C59H39NS/c1-3-18-44(19-4-1)59(45-20-5-2-6-21-45)55-27-11-9-24-51(55)52-36-34-48(39-56(52)59)60(46-32-29-41(30-33-46)50-26-14-16-40-15-7-8-23-49(40)50)47-22-13-17-42(37-47)43-31-35-54-53-25-10-12-28-57(53)61-58(54)38-43/h1-39H. The fraction of sp³-hybridized carbons (Fsp3) is 0.0169. The third-order valence-corrected chi connectivity index (χ3v) is 13.9. The minimum absolute atomic E-state index is 0.504. The van der Waals surface area contributed by atoms with Crippen LogP contribution in [0.2, 0.25) is 0 Å². The van der Waals surface area contributed by atoms with Crippen molar-refractivity contribution in [1.29, 1.82) is 0 Å². The summed E-state index contributed by atoms with van der Waals surface area (Å²) < 4.78 is 2.63. The van der Waals surface area contributed by atoms with Gasteiger partial charge in [0.05, 0.1) is 5.41 Å². The molecule has 0 radical (unpaired) electrons. The Morgan fingerprint density at radius 2 is 0.885 bits per heavy atom. The van der Waals surface area contributed by atoms with Crippen LogP contribution in [-0.4, -0.2) is 0 Å². The number of nitrogens with zero attached hydrogens (tertiary/aromatic N) is 1. The van der Waals surface area contributed by atoms with Gasteiger partial charge in [-0.2, -0.15) is 0 Å². The van der Waals surface area contributed by atoms with Gasteiger partial charge < -0.3 is 4.90 Å². The van der Waals surface area contributed by atoms with Gasteiger partial charge in [-0.3, -0.25) is 0 Å². The van der Waals surface area contributed by atoms with E-state index < -0.39 is 5.41 Å². The monoisotopic (exact) mass is 793 g/mol. The Kier molecular flexibility index (Phi) is 8.33. The summed E-state index contributed by atoms with van der Waals surface area (Å²) in [5.41, 5.74) is 15.3. The average Bonchev–Trinajstić information content (AvgIpc) is 3.85. The van der Waals surface area contributed by atoms with Crippen LogP contribution >= 0.6 is 11.3 Å². The van der Waals surface area contributed by atoms with Crippen molar-refractivity contribution >= 4 is 59.3 Å². The highest BCUT2D eigenvalue weighted by atomic mass is 32.1. The van der Waals surface area contributed by atoms with Crippen LogP contribution in [0.5, 0.6) is 0 Å². The molecule has 0 atom stereocenters. The van der Waals surface area contributed by atoms with Crippen molar-refractivity contribution in [3.63, 3.8) is 0 Å². The lowest BCUT2D eigenvalue weighted by Crippen LogP contribution is -2.28. The predicted molar refractivity (Wildman–Crippen MR) is 260 cm³/mol. The van der Waals surface area contributed by atoms with E-state index in [9.17, 15) is 0 Å². The number of fused-ring (bicyclic) bond motifs is 7. The van der Waals surface area contributed by atoms with Crippen molar-refractivity contribution in [3.8, 4) is 33.4 Å². The summed E-state index contributed by atoms with van der Waals surface area (Å²) >= 11 is 1.87. The van der Waals surface area contributed by atoms with Gasteiger partial charge in [0.25, 0.3) is 0 Å². The van der Waals surface area contributed by atoms with Crippen molar-refractivity contribution in [1.82, 2.24) is 0 Å². The molecule has 0 unspecified atom stereocenters. The largest absolute Gasteiger partial charge is 0.310 e. The summed E-state index contributed by atoms with van der Waals surface area (Å²) in [6.45, 7) is 0. The number of anilines is 3. The van der Waals surface area contributed by atoms with Crippen LogP contribution in [0.4, 0.5) is 17.1 Å². The van der Waals surface area contributed by atoms with Crippen LogP contribution in [0.15, 0.2) is 237 Å². The van der Waals surface area contributed by atoms with Crippen molar-refractivity contribution in [2.75, 3.05) is 4.90 Å². The van der Waals surface area contributed by atoms with Gasteiger partial charge in [-0.15, -0.1) is 11.3 Å². The zero-order valence-electron chi connectivity index (χ0n) is 33.4. The molecule has 1 nitrogen and oxygen atoms in total. The van der Waals surface area contributed by atoms with Gasteiger partial charge in [-0.1, -0.05) is 188 Å². The fourth-order valence-electron chi connectivity index (χ4n) is 10.0. The van der Waals surface area contributed by atoms with E-state index in [0.29, 0.717) is 0 Å². The number of thiophene rings is 1. The molecular formula is C59H39NS. The molecule has 61 heavy (non-hydrogen) atoms. The third-order valence-electron chi connectivity index (χ3n) is 12.7. The summed E-state index contributed by atoms with van der Waals surface area (Å²) in [4.78, 5) is 2.44. The molecule has 0 spiro atoms.